The van der Waals surface area contributed by atoms with E-state index in [1.165, 1.54) is 11.3 Å². The molecular formula is C15H17ClN2O3S. The number of aliphatic hydroxyl groups excluding tert-OH is 1. The molecule has 1 atom stereocenters. The second-order valence-corrected chi connectivity index (χ2v) is 6.36. The molecule has 1 aromatic heterocycles. The molecule has 118 valence electrons. The normalized spacial score (nSPS) is 11.8. The molecule has 1 aromatic carbocycles. The van der Waals surface area contributed by atoms with Crippen molar-refractivity contribution in [2.45, 2.75) is 12.6 Å². The van der Waals surface area contributed by atoms with Crippen LogP contribution >= 0.6 is 22.9 Å². The number of amides is 2. The summed E-state index contributed by atoms with van der Waals surface area (Å²) in [6.07, 6.45) is -0.771. The van der Waals surface area contributed by atoms with Gasteiger partial charge in [-0.25, -0.2) is 4.79 Å². The van der Waals surface area contributed by atoms with Crippen LogP contribution in [0.1, 0.15) is 16.5 Å². The van der Waals surface area contributed by atoms with Gasteiger partial charge in [-0.05, 0) is 29.8 Å². The van der Waals surface area contributed by atoms with E-state index in [9.17, 15) is 9.90 Å². The topological polar surface area (TPSA) is 70.6 Å². The molecule has 2 rings (SSSR count). The summed E-state index contributed by atoms with van der Waals surface area (Å²) >= 11 is 7.23. The first kappa shape index (κ1) is 16.6. The van der Waals surface area contributed by atoms with Gasteiger partial charge < -0.3 is 20.5 Å². The van der Waals surface area contributed by atoms with Crippen LogP contribution < -0.4 is 15.4 Å². The number of urea groups is 1. The summed E-state index contributed by atoms with van der Waals surface area (Å²) in [4.78, 5) is 12.6. The minimum atomic E-state index is -0.771. The maximum absolute atomic E-state index is 11.7. The monoisotopic (exact) mass is 340 g/mol. The van der Waals surface area contributed by atoms with Crippen LogP contribution in [0.25, 0.3) is 0 Å². The first-order valence-electron chi connectivity index (χ1n) is 6.66. The lowest BCUT2D eigenvalue weighted by atomic mass is 10.1. The van der Waals surface area contributed by atoms with Gasteiger partial charge in [0.1, 0.15) is 5.75 Å². The Kier molecular flexibility index (Phi) is 6.06. The summed E-state index contributed by atoms with van der Waals surface area (Å²) < 4.78 is 5.74. The van der Waals surface area contributed by atoms with Crippen molar-refractivity contribution in [3.63, 3.8) is 0 Å². The van der Waals surface area contributed by atoms with Gasteiger partial charge in [0.2, 0.25) is 0 Å². The van der Waals surface area contributed by atoms with Crippen LogP contribution in [0, 0.1) is 0 Å². The molecule has 0 aliphatic rings. The first-order chi connectivity index (χ1) is 10.6. The van der Waals surface area contributed by atoms with Gasteiger partial charge in [0.25, 0.3) is 0 Å². The molecule has 0 aliphatic heterocycles. The van der Waals surface area contributed by atoms with Crippen LogP contribution in [0.4, 0.5) is 4.79 Å². The highest BCUT2D eigenvalue weighted by atomic mass is 35.5. The van der Waals surface area contributed by atoms with Crippen molar-refractivity contribution in [3.05, 3.63) is 51.2 Å². The Hall–Kier alpha value is -1.76. The van der Waals surface area contributed by atoms with E-state index >= 15 is 0 Å². The third-order valence-corrected chi connectivity index (χ3v) is 4.24. The maximum atomic E-state index is 11.7. The van der Waals surface area contributed by atoms with Gasteiger partial charge in [0.05, 0.1) is 24.1 Å². The van der Waals surface area contributed by atoms with Crippen molar-refractivity contribution in [1.29, 1.82) is 0 Å². The van der Waals surface area contributed by atoms with Crippen LogP contribution in [0.15, 0.2) is 36.4 Å². The molecule has 2 amide bonds. The van der Waals surface area contributed by atoms with Gasteiger partial charge in [0, 0.05) is 11.4 Å². The number of methoxy groups -OCH3 is 1. The zero-order chi connectivity index (χ0) is 15.9. The van der Waals surface area contributed by atoms with Crippen LogP contribution in [0.2, 0.25) is 4.34 Å². The van der Waals surface area contributed by atoms with E-state index in [-0.39, 0.29) is 12.6 Å². The first-order valence-corrected chi connectivity index (χ1v) is 7.86. The predicted octanol–water partition coefficient (Wildman–Crippen LogP) is 2.94. The summed E-state index contributed by atoms with van der Waals surface area (Å²) in [7, 11) is 1.58. The number of thiophene rings is 1. The predicted molar refractivity (Wildman–Crippen MR) is 87.5 cm³/mol. The Morgan fingerprint density at radius 1 is 1.27 bits per heavy atom. The Bertz CT molecular complexity index is 616. The number of benzene rings is 1. The third kappa shape index (κ3) is 4.91. The second-order valence-electron chi connectivity index (χ2n) is 4.56. The second kappa shape index (κ2) is 8.03. The molecule has 0 radical (unpaired) electrons. The van der Waals surface area contributed by atoms with Gasteiger partial charge >= 0.3 is 6.03 Å². The average molecular weight is 341 g/mol. The molecule has 0 bridgehead atoms. The molecule has 7 heteroatoms. The van der Waals surface area contributed by atoms with E-state index in [4.69, 9.17) is 16.3 Å². The molecule has 0 spiro atoms. The summed E-state index contributed by atoms with van der Waals surface area (Å²) in [5.41, 5.74) is 0.714. The number of nitrogens with one attached hydrogen (secondary N) is 2. The average Bonchev–Trinajstić information content (AvgIpc) is 2.96. The largest absolute Gasteiger partial charge is 0.497 e. The van der Waals surface area contributed by atoms with Gasteiger partial charge in [-0.1, -0.05) is 23.7 Å². The number of rotatable bonds is 6. The number of hydrogen-bond acceptors (Lipinski definition) is 4. The highest BCUT2D eigenvalue weighted by Crippen LogP contribution is 2.21. The Morgan fingerprint density at radius 2 is 2.00 bits per heavy atom. The molecule has 0 saturated heterocycles. The molecule has 1 heterocycles. The minimum absolute atomic E-state index is 0.128. The van der Waals surface area contributed by atoms with Crippen molar-refractivity contribution in [3.8, 4) is 5.75 Å². The zero-order valence-corrected chi connectivity index (χ0v) is 13.6. The zero-order valence-electron chi connectivity index (χ0n) is 12.0. The van der Waals surface area contributed by atoms with E-state index in [1.807, 2.05) is 6.07 Å². The summed E-state index contributed by atoms with van der Waals surface area (Å²) in [5, 5.41) is 15.4. The van der Waals surface area contributed by atoms with Gasteiger partial charge in [-0.2, -0.15) is 0 Å². The Morgan fingerprint density at radius 3 is 2.59 bits per heavy atom. The summed E-state index contributed by atoms with van der Waals surface area (Å²) in [6, 6.07) is 10.4. The molecule has 22 heavy (non-hydrogen) atoms. The number of ether oxygens (including phenoxy) is 1. The quantitative estimate of drug-likeness (QED) is 0.757. The summed E-state index contributed by atoms with van der Waals surface area (Å²) in [6.45, 7) is 0.533. The van der Waals surface area contributed by atoms with Crippen molar-refractivity contribution in [1.82, 2.24) is 10.6 Å². The third-order valence-electron chi connectivity index (χ3n) is 3.01. The van der Waals surface area contributed by atoms with Crippen LogP contribution in [-0.4, -0.2) is 24.8 Å². The molecule has 0 aliphatic carbocycles. The van der Waals surface area contributed by atoms with Crippen LogP contribution in [0.3, 0.4) is 0 Å². The molecular weight excluding hydrogens is 324 g/mol. The molecule has 2 aromatic rings. The lowest BCUT2D eigenvalue weighted by Gasteiger charge is -2.13. The van der Waals surface area contributed by atoms with E-state index in [2.05, 4.69) is 10.6 Å². The smallest absolute Gasteiger partial charge is 0.315 e. The van der Waals surface area contributed by atoms with Gasteiger partial charge in [-0.3, -0.25) is 0 Å². The number of carbonyl (C=O) groups excluding carboxylic acids is 1. The molecule has 0 fully saturated rings. The Labute approximate surface area is 137 Å². The van der Waals surface area contributed by atoms with Crippen LogP contribution in [0.5, 0.6) is 5.75 Å². The van der Waals surface area contributed by atoms with Crippen molar-refractivity contribution in [2.24, 2.45) is 0 Å². The van der Waals surface area contributed by atoms with Gasteiger partial charge in [0.15, 0.2) is 0 Å². The van der Waals surface area contributed by atoms with E-state index in [1.54, 1.807) is 37.4 Å². The molecule has 0 unspecified atom stereocenters. The number of carbonyl (C=O) groups is 1. The van der Waals surface area contributed by atoms with Gasteiger partial charge in [-0.15, -0.1) is 11.3 Å². The fraction of sp³-hybridized carbons (Fsp3) is 0.267. The highest BCUT2D eigenvalue weighted by Gasteiger charge is 2.09. The highest BCUT2D eigenvalue weighted by molar-refractivity contribution is 7.16. The van der Waals surface area contributed by atoms with E-state index in [0.29, 0.717) is 16.4 Å². The SMILES string of the molecule is COc1ccc([C@H](O)CNC(=O)NCc2ccc(Cl)s2)cc1. The lowest BCUT2D eigenvalue weighted by Crippen LogP contribution is -2.37. The number of halogens is 1. The van der Waals surface area contributed by atoms with Crippen molar-refractivity contribution < 1.29 is 14.6 Å². The fourth-order valence-electron chi connectivity index (χ4n) is 1.81. The van der Waals surface area contributed by atoms with Crippen molar-refractivity contribution >= 4 is 29.0 Å². The molecule has 5 nitrogen and oxygen atoms in total. The lowest BCUT2D eigenvalue weighted by molar-refractivity contribution is 0.173. The van der Waals surface area contributed by atoms with E-state index in [0.717, 1.165) is 10.6 Å². The Balaban J connectivity index is 1.74. The van der Waals surface area contributed by atoms with Crippen LogP contribution in [-0.2, 0) is 6.54 Å². The standard InChI is InChI=1S/C15H17ClN2O3S/c1-21-11-4-2-10(3-5-11)13(19)9-18-15(20)17-8-12-6-7-14(16)22-12/h2-7,13,19H,8-9H2,1H3,(H2,17,18,20)/t13-/m1/s1. The fourth-order valence-corrected chi connectivity index (χ4v) is 2.84. The minimum Gasteiger partial charge on any atom is -0.497 e. The number of aliphatic hydroxyl groups is 1. The van der Waals surface area contributed by atoms with Crippen molar-refractivity contribution in [2.75, 3.05) is 13.7 Å². The molecule has 0 saturated carbocycles. The maximum Gasteiger partial charge on any atom is 0.315 e. The van der Waals surface area contributed by atoms with E-state index < -0.39 is 6.10 Å². The number of hydrogen-bond donors (Lipinski definition) is 3. The molecule has 3 N–H and O–H groups in total. The summed E-state index contributed by atoms with van der Waals surface area (Å²) in [5.74, 6) is 0.719.